The van der Waals surface area contributed by atoms with Crippen LogP contribution in [-0.4, -0.2) is 29.8 Å². The van der Waals surface area contributed by atoms with E-state index in [2.05, 4.69) is 0 Å². The first kappa shape index (κ1) is 16.7. The average Bonchev–Trinajstić information content (AvgIpc) is 2.35. The Morgan fingerprint density at radius 1 is 1.40 bits per heavy atom. The van der Waals surface area contributed by atoms with Gasteiger partial charge >= 0.3 is 0 Å². The Bertz CT molecular complexity index is 614. The van der Waals surface area contributed by atoms with E-state index in [1.165, 1.54) is 18.2 Å². The van der Waals surface area contributed by atoms with E-state index in [1.807, 2.05) is 0 Å². The molecule has 0 aromatic heterocycles. The van der Waals surface area contributed by atoms with Crippen LogP contribution in [0.5, 0.6) is 0 Å². The van der Waals surface area contributed by atoms with Crippen LogP contribution in [0, 0.1) is 0 Å². The van der Waals surface area contributed by atoms with Gasteiger partial charge in [-0.05, 0) is 35.4 Å². The Kier molecular flexibility index (Phi) is 5.75. The molecule has 1 atom stereocenters. The van der Waals surface area contributed by atoms with Gasteiger partial charge in [-0.3, -0.25) is 9.35 Å². The van der Waals surface area contributed by atoms with Crippen LogP contribution in [0.3, 0.4) is 0 Å². The molecule has 5 N–H and O–H groups in total. The van der Waals surface area contributed by atoms with Crippen molar-refractivity contribution in [2.75, 3.05) is 0 Å². The number of primary amides is 1. The maximum absolute atomic E-state index is 11.0. The van der Waals surface area contributed by atoms with Gasteiger partial charge < -0.3 is 11.5 Å². The van der Waals surface area contributed by atoms with Crippen molar-refractivity contribution in [3.05, 3.63) is 29.8 Å². The van der Waals surface area contributed by atoms with Crippen molar-refractivity contribution in [2.45, 2.75) is 30.2 Å². The first-order chi connectivity index (χ1) is 9.20. The van der Waals surface area contributed by atoms with Crippen molar-refractivity contribution in [1.29, 1.82) is 0 Å². The molecule has 0 fully saturated rings. The standard InChI is InChI=1S/C12H16N2O4S2/c13-11(12(14)15)5-4-9(19)6-8-2-1-3-10(7-8)20(16,17)18/h1-3,7,11H,4-6,13H2,(H2,14,15)(H,16,17,18)/t11-/m0/s1. The second-order valence-corrected chi connectivity index (χ2v) is 6.38. The molecule has 110 valence electrons. The van der Waals surface area contributed by atoms with Gasteiger partial charge in [0.05, 0.1) is 10.9 Å². The van der Waals surface area contributed by atoms with Gasteiger partial charge in [0.2, 0.25) is 5.91 Å². The van der Waals surface area contributed by atoms with Crippen molar-refractivity contribution >= 4 is 33.1 Å². The molecule has 0 bridgehead atoms. The van der Waals surface area contributed by atoms with E-state index < -0.39 is 22.1 Å². The summed E-state index contributed by atoms with van der Waals surface area (Å²) >= 11 is 5.16. The van der Waals surface area contributed by atoms with Gasteiger partial charge in [-0.15, -0.1) is 0 Å². The number of thiocarbonyl (C=S) groups is 1. The van der Waals surface area contributed by atoms with E-state index in [0.717, 1.165) is 0 Å². The topological polar surface area (TPSA) is 123 Å². The van der Waals surface area contributed by atoms with Crippen LogP contribution in [0.25, 0.3) is 0 Å². The zero-order valence-electron chi connectivity index (χ0n) is 10.7. The van der Waals surface area contributed by atoms with Crippen molar-refractivity contribution in [3.8, 4) is 0 Å². The number of hydrogen-bond donors (Lipinski definition) is 3. The fraction of sp³-hybridized carbons (Fsp3) is 0.333. The number of nitrogens with two attached hydrogens (primary N) is 2. The van der Waals surface area contributed by atoms with E-state index in [4.69, 9.17) is 28.2 Å². The lowest BCUT2D eigenvalue weighted by Crippen LogP contribution is -2.36. The lowest BCUT2D eigenvalue weighted by atomic mass is 10.0. The predicted octanol–water partition coefficient (Wildman–Crippen LogP) is 0.438. The van der Waals surface area contributed by atoms with Crippen molar-refractivity contribution in [3.63, 3.8) is 0 Å². The number of carbonyl (C=O) groups excluding carboxylic acids is 1. The van der Waals surface area contributed by atoms with E-state index in [1.54, 1.807) is 6.07 Å². The molecule has 6 nitrogen and oxygen atoms in total. The van der Waals surface area contributed by atoms with Crippen molar-refractivity contribution < 1.29 is 17.8 Å². The summed E-state index contributed by atoms with van der Waals surface area (Å²) in [5.41, 5.74) is 11.2. The highest BCUT2D eigenvalue weighted by Gasteiger charge is 2.12. The number of amides is 1. The summed E-state index contributed by atoms with van der Waals surface area (Å²) < 4.78 is 31.0. The van der Waals surface area contributed by atoms with Crippen LogP contribution < -0.4 is 11.5 Å². The monoisotopic (exact) mass is 316 g/mol. The molecule has 0 spiro atoms. The fourth-order valence-electron chi connectivity index (χ4n) is 1.59. The van der Waals surface area contributed by atoms with Gasteiger partial charge in [0, 0.05) is 6.42 Å². The largest absolute Gasteiger partial charge is 0.368 e. The van der Waals surface area contributed by atoms with Gasteiger partial charge in [-0.2, -0.15) is 8.42 Å². The highest BCUT2D eigenvalue weighted by Crippen LogP contribution is 2.13. The van der Waals surface area contributed by atoms with Crippen molar-refractivity contribution in [1.82, 2.24) is 0 Å². The summed E-state index contributed by atoms with van der Waals surface area (Å²) in [6.45, 7) is 0. The predicted molar refractivity (Wildman–Crippen MR) is 79.0 cm³/mol. The first-order valence-corrected chi connectivity index (χ1v) is 7.68. The molecule has 0 heterocycles. The zero-order chi connectivity index (χ0) is 15.3. The van der Waals surface area contributed by atoms with Crippen LogP contribution in [0.1, 0.15) is 18.4 Å². The van der Waals surface area contributed by atoms with E-state index in [0.29, 0.717) is 29.7 Å². The van der Waals surface area contributed by atoms with E-state index >= 15 is 0 Å². The summed E-state index contributed by atoms with van der Waals surface area (Å²) in [7, 11) is -4.22. The highest BCUT2D eigenvalue weighted by molar-refractivity contribution is 7.85. The van der Waals surface area contributed by atoms with Crippen LogP contribution >= 0.6 is 12.2 Å². The SMILES string of the molecule is NC(=O)[C@@H](N)CCC(=S)Cc1cccc(S(=O)(=O)O)c1. The minimum Gasteiger partial charge on any atom is -0.368 e. The summed E-state index contributed by atoms with van der Waals surface area (Å²) in [6.07, 6.45) is 1.16. The quantitative estimate of drug-likeness (QED) is 0.495. The Morgan fingerprint density at radius 3 is 2.60 bits per heavy atom. The summed E-state index contributed by atoms with van der Waals surface area (Å²) in [4.78, 5) is 11.2. The highest BCUT2D eigenvalue weighted by atomic mass is 32.2. The Labute approximate surface area is 122 Å². The van der Waals surface area contributed by atoms with Crippen molar-refractivity contribution in [2.24, 2.45) is 11.5 Å². The van der Waals surface area contributed by atoms with Crippen LogP contribution in [0.4, 0.5) is 0 Å². The van der Waals surface area contributed by atoms with Crippen LogP contribution in [0.15, 0.2) is 29.2 Å². The van der Waals surface area contributed by atoms with Crippen LogP contribution in [-0.2, 0) is 21.3 Å². The third-order valence-electron chi connectivity index (χ3n) is 2.70. The Hall–Kier alpha value is -1.35. The van der Waals surface area contributed by atoms with Gasteiger partial charge in [0.1, 0.15) is 0 Å². The van der Waals surface area contributed by atoms with Gasteiger partial charge in [-0.25, -0.2) is 0 Å². The Morgan fingerprint density at radius 2 is 2.05 bits per heavy atom. The molecule has 0 aliphatic rings. The Balaban J connectivity index is 2.65. The fourth-order valence-corrected chi connectivity index (χ4v) is 2.43. The van der Waals surface area contributed by atoms with E-state index in [9.17, 15) is 13.2 Å². The normalized spacial score (nSPS) is 12.9. The second kappa shape index (κ2) is 6.89. The molecule has 0 unspecified atom stereocenters. The smallest absolute Gasteiger partial charge is 0.294 e. The minimum atomic E-state index is -4.22. The molecule has 0 aliphatic carbocycles. The summed E-state index contributed by atoms with van der Waals surface area (Å²) in [6, 6.07) is 5.14. The van der Waals surface area contributed by atoms with Gasteiger partial charge in [0.15, 0.2) is 0 Å². The minimum absolute atomic E-state index is 0.174. The van der Waals surface area contributed by atoms with Gasteiger partial charge in [-0.1, -0.05) is 24.4 Å². The average molecular weight is 316 g/mol. The maximum atomic E-state index is 11.0. The molecule has 0 saturated heterocycles. The molecule has 1 rings (SSSR count). The molecule has 1 amide bonds. The molecular formula is C12H16N2O4S2. The molecule has 0 saturated carbocycles. The molecule has 0 aliphatic heterocycles. The number of rotatable bonds is 7. The van der Waals surface area contributed by atoms with Crippen LogP contribution in [0.2, 0.25) is 0 Å². The molecule has 0 radical (unpaired) electrons. The number of benzene rings is 1. The number of carbonyl (C=O) groups is 1. The molecule has 1 aromatic rings. The third-order valence-corrected chi connectivity index (χ3v) is 3.90. The third kappa shape index (κ3) is 5.33. The molecule has 1 aromatic carbocycles. The lowest BCUT2D eigenvalue weighted by molar-refractivity contribution is -0.119. The van der Waals surface area contributed by atoms with Gasteiger partial charge in [0.25, 0.3) is 10.1 Å². The summed E-state index contributed by atoms with van der Waals surface area (Å²) in [5, 5.41) is 0. The molecular weight excluding hydrogens is 300 g/mol. The second-order valence-electron chi connectivity index (χ2n) is 4.39. The lowest BCUT2D eigenvalue weighted by Gasteiger charge is -2.08. The molecule has 8 heteroatoms. The zero-order valence-corrected chi connectivity index (χ0v) is 12.3. The first-order valence-electron chi connectivity index (χ1n) is 5.83. The van der Waals surface area contributed by atoms with E-state index in [-0.39, 0.29) is 4.90 Å². The molecule has 20 heavy (non-hydrogen) atoms. The number of hydrogen-bond acceptors (Lipinski definition) is 5. The maximum Gasteiger partial charge on any atom is 0.294 e. The summed E-state index contributed by atoms with van der Waals surface area (Å²) in [5.74, 6) is -0.582.